The van der Waals surface area contributed by atoms with Crippen molar-refractivity contribution < 1.29 is 9.53 Å². The minimum absolute atomic E-state index is 0.123. The van der Waals surface area contributed by atoms with Crippen LogP contribution in [0.4, 0.5) is 0 Å². The van der Waals surface area contributed by atoms with E-state index in [1.807, 2.05) is 93.7 Å². The zero-order valence-electron chi connectivity index (χ0n) is 17.2. The maximum atomic E-state index is 13.1. The van der Waals surface area contributed by atoms with E-state index in [0.717, 1.165) is 27.6 Å². The average molecular weight is 407 g/mol. The molecule has 2 aromatic carbocycles. The van der Waals surface area contributed by atoms with E-state index in [4.69, 9.17) is 4.74 Å². The van der Waals surface area contributed by atoms with Gasteiger partial charge >= 0.3 is 0 Å². The van der Waals surface area contributed by atoms with Crippen molar-refractivity contribution in [2.45, 2.75) is 39.8 Å². The maximum Gasteiger partial charge on any atom is 0.252 e. The molecule has 1 N–H and O–H groups in total. The third-order valence-corrected chi connectivity index (χ3v) is 5.11. The Morgan fingerprint density at radius 2 is 1.76 bits per heavy atom. The molecule has 3 aromatic rings. The molecular weight excluding hydrogens is 380 g/mol. The number of carbonyl (C=O) groups is 1. The fourth-order valence-corrected chi connectivity index (χ4v) is 3.61. The smallest absolute Gasteiger partial charge is 0.252 e. The molecule has 0 aliphatic carbocycles. The fraction of sp³-hybridized carbons (Fsp3) is 0.250. The van der Waals surface area contributed by atoms with Crippen molar-refractivity contribution in [3.05, 3.63) is 81.8 Å². The zero-order valence-corrected chi connectivity index (χ0v) is 18.0. The van der Waals surface area contributed by atoms with Crippen LogP contribution in [-0.2, 0) is 4.79 Å². The lowest BCUT2D eigenvalue weighted by Crippen LogP contribution is -2.27. The molecular formula is C24H26N2O2S. The Morgan fingerprint density at radius 3 is 2.34 bits per heavy atom. The van der Waals surface area contributed by atoms with Gasteiger partial charge in [0.1, 0.15) is 5.75 Å². The van der Waals surface area contributed by atoms with E-state index in [2.05, 4.69) is 10.3 Å². The predicted molar refractivity (Wildman–Crippen MR) is 120 cm³/mol. The van der Waals surface area contributed by atoms with Crippen molar-refractivity contribution in [3.8, 4) is 5.75 Å². The Morgan fingerprint density at radius 1 is 1.07 bits per heavy atom. The molecule has 0 aliphatic heterocycles. The molecule has 0 spiro atoms. The van der Waals surface area contributed by atoms with E-state index in [0.29, 0.717) is 5.57 Å². The van der Waals surface area contributed by atoms with Gasteiger partial charge in [-0.1, -0.05) is 42.5 Å². The van der Waals surface area contributed by atoms with Gasteiger partial charge in [-0.3, -0.25) is 4.79 Å². The van der Waals surface area contributed by atoms with Gasteiger partial charge in [0.2, 0.25) is 0 Å². The number of aromatic nitrogens is 1. The molecule has 1 amide bonds. The van der Waals surface area contributed by atoms with Crippen molar-refractivity contribution in [2.24, 2.45) is 0 Å². The number of nitrogens with one attached hydrogen (secondary N) is 1. The highest BCUT2D eigenvalue weighted by molar-refractivity contribution is 7.09. The molecule has 1 atom stereocenters. The van der Waals surface area contributed by atoms with Crippen LogP contribution in [0.5, 0.6) is 5.75 Å². The molecule has 150 valence electrons. The largest absolute Gasteiger partial charge is 0.491 e. The van der Waals surface area contributed by atoms with Crippen LogP contribution in [0.2, 0.25) is 0 Å². The van der Waals surface area contributed by atoms with E-state index in [1.165, 1.54) is 0 Å². The quantitative estimate of drug-likeness (QED) is 0.407. The first-order valence-corrected chi connectivity index (χ1v) is 10.6. The Hall–Kier alpha value is -2.92. The predicted octanol–water partition coefficient (Wildman–Crippen LogP) is 5.66. The van der Waals surface area contributed by atoms with E-state index < -0.39 is 0 Å². The van der Waals surface area contributed by atoms with Gasteiger partial charge in [-0.25, -0.2) is 4.98 Å². The summed E-state index contributed by atoms with van der Waals surface area (Å²) in [7, 11) is 0. The van der Waals surface area contributed by atoms with Gasteiger partial charge in [0, 0.05) is 11.0 Å². The average Bonchev–Trinajstić information content (AvgIpc) is 3.14. The van der Waals surface area contributed by atoms with Crippen LogP contribution >= 0.6 is 11.3 Å². The summed E-state index contributed by atoms with van der Waals surface area (Å²) >= 11 is 1.58. The number of aryl methyl sites for hydroxylation is 1. The Labute approximate surface area is 176 Å². The number of carbonyl (C=O) groups excluding carboxylic acids is 1. The first-order valence-electron chi connectivity index (χ1n) is 9.69. The van der Waals surface area contributed by atoms with Crippen LogP contribution < -0.4 is 10.1 Å². The third-order valence-electron chi connectivity index (χ3n) is 4.32. The van der Waals surface area contributed by atoms with Crippen LogP contribution in [-0.4, -0.2) is 17.0 Å². The summed E-state index contributed by atoms with van der Waals surface area (Å²) in [5.74, 6) is 0.687. The van der Waals surface area contributed by atoms with Crippen molar-refractivity contribution in [1.29, 1.82) is 0 Å². The minimum atomic E-state index is -0.165. The molecule has 5 heteroatoms. The second kappa shape index (κ2) is 9.52. The zero-order chi connectivity index (χ0) is 20.8. The lowest BCUT2D eigenvalue weighted by Gasteiger charge is -2.15. The summed E-state index contributed by atoms with van der Waals surface area (Å²) < 4.78 is 5.70. The molecule has 0 aliphatic rings. The highest BCUT2D eigenvalue weighted by Crippen LogP contribution is 2.23. The fourth-order valence-electron chi connectivity index (χ4n) is 2.91. The van der Waals surface area contributed by atoms with Crippen LogP contribution in [0.25, 0.3) is 11.6 Å². The third kappa shape index (κ3) is 5.78. The number of hydrogen-bond donors (Lipinski definition) is 1. The number of ether oxygens (including phenoxy) is 1. The van der Waals surface area contributed by atoms with Crippen molar-refractivity contribution in [3.63, 3.8) is 0 Å². The molecule has 0 saturated carbocycles. The highest BCUT2D eigenvalue weighted by Gasteiger charge is 2.17. The van der Waals surface area contributed by atoms with Gasteiger partial charge in [-0.2, -0.15) is 0 Å². The van der Waals surface area contributed by atoms with Crippen LogP contribution in [0.1, 0.15) is 48.6 Å². The van der Waals surface area contributed by atoms with Gasteiger partial charge in [-0.15, -0.1) is 11.3 Å². The maximum absolute atomic E-state index is 13.1. The minimum Gasteiger partial charge on any atom is -0.491 e. The van der Waals surface area contributed by atoms with Gasteiger partial charge in [0.25, 0.3) is 5.91 Å². The van der Waals surface area contributed by atoms with Crippen LogP contribution in [0.3, 0.4) is 0 Å². The number of nitrogens with zero attached hydrogens (tertiary/aromatic N) is 1. The first kappa shape index (κ1) is 20.8. The molecule has 29 heavy (non-hydrogen) atoms. The molecule has 1 aromatic heterocycles. The van der Waals surface area contributed by atoms with E-state index in [-0.39, 0.29) is 18.1 Å². The highest BCUT2D eigenvalue weighted by atomic mass is 32.1. The van der Waals surface area contributed by atoms with Crippen molar-refractivity contribution in [1.82, 2.24) is 10.3 Å². The van der Waals surface area contributed by atoms with Gasteiger partial charge < -0.3 is 10.1 Å². The van der Waals surface area contributed by atoms with Crippen LogP contribution in [0.15, 0.2) is 60.0 Å². The number of hydrogen-bond acceptors (Lipinski definition) is 4. The SMILES string of the molecule is Cc1nc(C(C)NC(=O)/C(=C/c2ccc(OC(C)C)cc2)c2ccccc2)cs1. The van der Waals surface area contributed by atoms with Crippen LogP contribution in [0, 0.1) is 6.92 Å². The molecule has 4 nitrogen and oxygen atoms in total. The topological polar surface area (TPSA) is 51.2 Å². The van der Waals surface area contributed by atoms with E-state index >= 15 is 0 Å². The molecule has 0 radical (unpaired) electrons. The Bertz CT molecular complexity index is 976. The molecule has 0 bridgehead atoms. The van der Waals surface area contributed by atoms with E-state index in [1.54, 1.807) is 11.3 Å². The number of rotatable bonds is 7. The monoisotopic (exact) mass is 406 g/mol. The van der Waals surface area contributed by atoms with Crippen molar-refractivity contribution >= 4 is 28.9 Å². The lowest BCUT2D eigenvalue weighted by molar-refractivity contribution is -0.116. The summed E-state index contributed by atoms with van der Waals surface area (Å²) in [4.78, 5) is 17.6. The lowest BCUT2D eigenvalue weighted by atomic mass is 10.0. The summed E-state index contributed by atoms with van der Waals surface area (Å²) in [6.07, 6.45) is 2.03. The van der Waals surface area contributed by atoms with Gasteiger partial charge in [-0.05, 0) is 57.0 Å². The van der Waals surface area contributed by atoms with E-state index in [9.17, 15) is 4.79 Å². The Balaban J connectivity index is 1.86. The second-order valence-electron chi connectivity index (χ2n) is 7.15. The summed E-state index contributed by atoms with van der Waals surface area (Å²) in [6.45, 7) is 7.91. The first-order chi connectivity index (χ1) is 13.9. The Kier molecular flexibility index (Phi) is 6.83. The summed E-state index contributed by atoms with van der Waals surface area (Å²) in [6, 6.07) is 17.3. The molecule has 1 unspecified atom stereocenters. The second-order valence-corrected chi connectivity index (χ2v) is 8.21. The molecule has 0 fully saturated rings. The molecule has 1 heterocycles. The number of thiazole rings is 1. The molecule has 3 rings (SSSR count). The summed E-state index contributed by atoms with van der Waals surface area (Å²) in [5.41, 5.74) is 3.30. The van der Waals surface area contributed by atoms with Crippen molar-refractivity contribution in [2.75, 3.05) is 0 Å². The molecule has 0 saturated heterocycles. The van der Waals surface area contributed by atoms with Gasteiger partial charge in [0.05, 0.1) is 22.8 Å². The standard InChI is InChI=1S/C24H26N2O2S/c1-16(2)28-21-12-10-19(11-13-21)14-22(20-8-6-5-7-9-20)24(27)25-17(3)23-15-29-18(4)26-23/h5-17H,1-4H3,(H,25,27)/b22-14+. The number of amides is 1. The van der Waals surface area contributed by atoms with Gasteiger partial charge in [0.15, 0.2) is 0 Å². The number of benzene rings is 2. The normalized spacial score (nSPS) is 12.7. The summed E-state index contributed by atoms with van der Waals surface area (Å²) in [5, 5.41) is 6.05.